The minimum Gasteiger partial charge on any atom is -0.347 e. The summed E-state index contributed by atoms with van der Waals surface area (Å²) in [6.45, 7) is 4.96. The Balaban J connectivity index is 1.73. The molecule has 0 N–H and O–H groups in total. The molecule has 3 heterocycles. The fraction of sp³-hybridized carbons (Fsp3) is 0.700. The van der Waals surface area contributed by atoms with Crippen LogP contribution in [-0.2, 0) is 0 Å². The number of fused-ring (bicyclic) bond motifs is 1. The van der Waals surface area contributed by atoms with Gasteiger partial charge in [-0.2, -0.15) is 0 Å². The van der Waals surface area contributed by atoms with Crippen LogP contribution in [0, 0.1) is 11.8 Å². The molecule has 4 heteroatoms. The van der Waals surface area contributed by atoms with Gasteiger partial charge in [0.05, 0.1) is 0 Å². The Kier molecular flexibility index (Phi) is 1.99. The maximum Gasteiger partial charge on any atom is 0.185 e. The zero-order valence-corrected chi connectivity index (χ0v) is 9.20. The highest BCUT2D eigenvalue weighted by molar-refractivity contribution is 7.13. The minimum atomic E-state index is 0.879. The molecule has 3 rings (SSSR count). The van der Waals surface area contributed by atoms with Gasteiger partial charge in [0.2, 0.25) is 0 Å². The van der Waals surface area contributed by atoms with Crippen molar-refractivity contribution in [3.8, 4) is 0 Å². The highest BCUT2D eigenvalue weighted by Gasteiger charge is 2.39. The van der Waals surface area contributed by atoms with Gasteiger partial charge in [-0.3, -0.25) is 0 Å². The summed E-state index contributed by atoms with van der Waals surface area (Å²) >= 11 is 1.76. The van der Waals surface area contributed by atoms with Gasteiger partial charge in [-0.05, 0) is 18.9 Å². The van der Waals surface area contributed by atoms with E-state index in [1.807, 2.05) is 6.20 Å². The average molecular weight is 209 g/mol. The van der Waals surface area contributed by atoms with Crippen molar-refractivity contribution in [2.45, 2.75) is 0 Å². The average Bonchev–Trinajstić information content (AvgIpc) is 2.74. The van der Waals surface area contributed by atoms with E-state index >= 15 is 0 Å². The van der Waals surface area contributed by atoms with Crippen molar-refractivity contribution in [1.82, 2.24) is 9.88 Å². The molecule has 2 atom stereocenters. The fourth-order valence-corrected chi connectivity index (χ4v) is 3.42. The summed E-state index contributed by atoms with van der Waals surface area (Å²) in [6.07, 6.45) is 1.90. The monoisotopic (exact) mass is 209 g/mol. The molecule has 76 valence electrons. The molecule has 0 radical (unpaired) electrons. The van der Waals surface area contributed by atoms with Crippen molar-refractivity contribution in [2.24, 2.45) is 11.8 Å². The number of hydrogen-bond donors (Lipinski definition) is 0. The Bertz CT molecular complexity index is 297. The number of anilines is 1. The van der Waals surface area contributed by atoms with E-state index in [9.17, 15) is 0 Å². The Hall–Kier alpha value is -0.610. The molecule has 0 bridgehead atoms. The van der Waals surface area contributed by atoms with Gasteiger partial charge in [0.1, 0.15) is 0 Å². The first-order valence-corrected chi connectivity index (χ1v) is 6.04. The van der Waals surface area contributed by atoms with Gasteiger partial charge in [-0.25, -0.2) is 4.98 Å². The van der Waals surface area contributed by atoms with E-state index in [-0.39, 0.29) is 0 Å². The molecule has 14 heavy (non-hydrogen) atoms. The number of hydrogen-bond acceptors (Lipinski definition) is 4. The third-order valence-electron chi connectivity index (χ3n) is 3.36. The molecule has 2 unspecified atom stereocenters. The van der Waals surface area contributed by atoms with Crippen LogP contribution in [-0.4, -0.2) is 43.1 Å². The summed E-state index contributed by atoms with van der Waals surface area (Å²) < 4.78 is 0. The zero-order chi connectivity index (χ0) is 9.54. The molecule has 1 aromatic heterocycles. The van der Waals surface area contributed by atoms with Crippen LogP contribution < -0.4 is 4.90 Å². The summed E-state index contributed by atoms with van der Waals surface area (Å²) in [5, 5.41) is 3.28. The predicted molar refractivity (Wildman–Crippen MR) is 58.8 cm³/mol. The first-order chi connectivity index (χ1) is 6.83. The summed E-state index contributed by atoms with van der Waals surface area (Å²) in [4.78, 5) is 9.28. The third-order valence-corrected chi connectivity index (χ3v) is 4.19. The van der Waals surface area contributed by atoms with Crippen molar-refractivity contribution < 1.29 is 0 Å². The normalized spacial score (nSPS) is 32.5. The molecular weight excluding hydrogens is 194 g/mol. The second-order valence-electron chi connectivity index (χ2n) is 4.46. The van der Waals surface area contributed by atoms with Crippen LogP contribution in [0.15, 0.2) is 11.6 Å². The van der Waals surface area contributed by atoms with Crippen LogP contribution in [0.3, 0.4) is 0 Å². The minimum absolute atomic E-state index is 0.879. The highest BCUT2D eigenvalue weighted by Crippen LogP contribution is 2.33. The van der Waals surface area contributed by atoms with Crippen LogP contribution in [0.2, 0.25) is 0 Å². The van der Waals surface area contributed by atoms with Gasteiger partial charge in [0.15, 0.2) is 5.13 Å². The SMILES string of the molecule is CN1CC2CN(c3nccs3)CC2C1. The van der Waals surface area contributed by atoms with Crippen molar-refractivity contribution in [3.63, 3.8) is 0 Å². The standard InChI is InChI=1S/C10H15N3S/c1-12-4-8-6-13(7-9(8)5-12)10-11-2-3-14-10/h2-3,8-9H,4-7H2,1H3. The van der Waals surface area contributed by atoms with Crippen LogP contribution in [0.1, 0.15) is 0 Å². The van der Waals surface area contributed by atoms with E-state index in [1.54, 1.807) is 11.3 Å². The van der Waals surface area contributed by atoms with Crippen LogP contribution in [0.25, 0.3) is 0 Å². The van der Waals surface area contributed by atoms with Gasteiger partial charge >= 0.3 is 0 Å². The van der Waals surface area contributed by atoms with E-state index in [2.05, 4.69) is 27.2 Å². The summed E-state index contributed by atoms with van der Waals surface area (Å²) in [6, 6.07) is 0. The lowest BCUT2D eigenvalue weighted by Gasteiger charge is -2.17. The zero-order valence-electron chi connectivity index (χ0n) is 8.39. The molecule has 2 fully saturated rings. The lowest BCUT2D eigenvalue weighted by molar-refractivity contribution is 0.387. The Morgan fingerprint density at radius 2 is 2.00 bits per heavy atom. The molecule has 0 aliphatic carbocycles. The fourth-order valence-electron chi connectivity index (χ4n) is 2.76. The molecule has 0 spiro atoms. The Labute approximate surface area is 88.4 Å². The van der Waals surface area contributed by atoms with Crippen LogP contribution in [0.4, 0.5) is 5.13 Å². The first-order valence-electron chi connectivity index (χ1n) is 5.16. The predicted octanol–water partition coefficient (Wildman–Crippen LogP) is 1.14. The quantitative estimate of drug-likeness (QED) is 0.691. The molecule has 1 aromatic rings. The van der Waals surface area contributed by atoms with E-state index in [0.29, 0.717) is 0 Å². The van der Waals surface area contributed by atoms with Crippen molar-refractivity contribution in [2.75, 3.05) is 38.1 Å². The third kappa shape index (κ3) is 1.33. The number of likely N-dealkylation sites (tertiary alicyclic amines) is 1. The number of thiazole rings is 1. The van der Waals surface area contributed by atoms with E-state index in [1.165, 1.54) is 31.3 Å². The maximum atomic E-state index is 4.38. The topological polar surface area (TPSA) is 19.4 Å². The lowest BCUT2D eigenvalue weighted by atomic mass is 10.0. The summed E-state index contributed by atoms with van der Waals surface area (Å²) in [7, 11) is 2.23. The largest absolute Gasteiger partial charge is 0.347 e. The van der Waals surface area contributed by atoms with Crippen molar-refractivity contribution in [3.05, 3.63) is 11.6 Å². The molecule has 2 aliphatic rings. The molecule has 3 nitrogen and oxygen atoms in total. The van der Waals surface area contributed by atoms with Crippen LogP contribution >= 0.6 is 11.3 Å². The molecule has 0 saturated carbocycles. The van der Waals surface area contributed by atoms with Crippen molar-refractivity contribution >= 4 is 16.5 Å². The first kappa shape index (κ1) is 8.68. The van der Waals surface area contributed by atoms with Gasteiger partial charge in [-0.1, -0.05) is 0 Å². The molecule has 2 aliphatic heterocycles. The lowest BCUT2D eigenvalue weighted by Crippen LogP contribution is -2.26. The second-order valence-corrected chi connectivity index (χ2v) is 5.33. The Morgan fingerprint density at radius 3 is 2.57 bits per heavy atom. The molecule has 2 saturated heterocycles. The Morgan fingerprint density at radius 1 is 1.29 bits per heavy atom. The maximum absolute atomic E-state index is 4.38. The van der Waals surface area contributed by atoms with Gasteiger partial charge < -0.3 is 9.80 Å². The summed E-state index contributed by atoms with van der Waals surface area (Å²) in [5.74, 6) is 1.76. The van der Waals surface area contributed by atoms with Gasteiger partial charge in [0.25, 0.3) is 0 Å². The highest BCUT2D eigenvalue weighted by atomic mass is 32.1. The second kappa shape index (κ2) is 3.21. The van der Waals surface area contributed by atoms with Crippen molar-refractivity contribution in [1.29, 1.82) is 0 Å². The van der Waals surface area contributed by atoms with E-state index in [4.69, 9.17) is 0 Å². The molecule has 0 amide bonds. The molecular formula is C10H15N3S. The number of aromatic nitrogens is 1. The summed E-state index contributed by atoms with van der Waals surface area (Å²) in [5.41, 5.74) is 0. The smallest absolute Gasteiger partial charge is 0.185 e. The molecule has 0 aromatic carbocycles. The van der Waals surface area contributed by atoms with E-state index < -0.39 is 0 Å². The van der Waals surface area contributed by atoms with Gasteiger partial charge in [0, 0.05) is 37.8 Å². The number of rotatable bonds is 1. The van der Waals surface area contributed by atoms with Gasteiger partial charge in [-0.15, -0.1) is 11.3 Å². The number of nitrogens with zero attached hydrogens (tertiary/aromatic N) is 3. The van der Waals surface area contributed by atoms with E-state index in [0.717, 1.165) is 11.8 Å². The van der Waals surface area contributed by atoms with Crippen LogP contribution in [0.5, 0.6) is 0 Å².